The molecule has 1 amide bonds. The van der Waals surface area contributed by atoms with Gasteiger partial charge in [0.1, 0.15) is 0 Å². The molecule has 5 nitrogen and oxygen atoms in total. The molecule has 0 radical (unpaired) electrons. The summed E-state index contributed by atoms with van der Waals surface area (Å²) >= 11 is 1.55. The maximum absolute atomic E-state index is 11.0. The van der Waals surface area contributed by atoms with Crippen molar-refractivity contribution in [2.24, 2.45) is 0 Å². The van der Waals surface area contributed by atoms with Crippen LogP contribution in [0.5, 0.6) is 0 Å². The summed E-state index contributed by atoms with van der Waals surface area (Å²) in [7, 11) is 1.60. The Bertz CT molecular complexity index is 464. The number of nitrogens with one attached hydrogen (secondary N) is 1. The summed E-state index contributed by atoms with van der Waals surface area (Å²) in [6, 6.07) is 3.86. The lowest BCUT2D eigenvalue weighted by atomic mass is 10.3. The second kappa shape index (κ2) is 4.89. The quantitative estimate of drug-likeness (QED) is 0.874. The maximum Gasteiger partial charge on any atom is 0.227 e. The molecule has 0 saturated carbocycles. The second-order valence-electron chi connectivity index (χ2n) is 3.16. The van der Waals surface area contributed by atoms with Crippen molar-refractivity contribution in [2.45, 2.75) is 12.8 Å². The Morgan fingerprint density at radius 3 is 3.19 bits per heavy atom. The third-order valence-electron chi connectivity index (χ3n) is 2.05. The first-order chi connectivity index (χ1) is 7.79. The predicted molar refractivity (Wildman–Crippen MR) is 60.0 cm³/mol. The number of amides is 1. The number of thiophene rings is 1. The summed E-state index contributed by atoms with van der Waals surface area (Å²) in [5, 5.41) is 8.35. The van der Waals surface area contributed by atoms with E-state index in [0.717, 1.165) is 4.88 Å². The monoisotopic (exact) mass is 237 g/mol. The van der Waals surface area contributed by atoms with Crippen molar-refractivity contribution in [1.82, 2.24) is 15.5 Å². The highest BCUT2D eigenvalue weighted by molar-refractivity contribution is 7.13. The van der Waals surface area contributed by atoms with E-state index in [1.807, 2.05) is 17.5 Å². The zero-order valence-electron chi connectivity index (χ0n) is 8.77. The van der Waals surface area contributed by atoms with Crippen LogP contribution in [0.15, 0.2) is 22.0 Å². The third-order valence-corrected chi connectivity index (χ3v) is 2.92. The van der Waals surface area contributed by atoms with E-state index in [-0.39, 0.29) is 5.91 Å². The van der Waals surface area contributed by atoms with Gasteiger partial charge < -0.3 is 9.84 Å². The van der Waals surface area contributed by atoms with Crippen LogP contribution in [0.1, 0.15) is 12.3 Å². The molecule has 6 heteroatoms. The number of rotatable bonds is 4. The van der Waals surface area contributed by atoms with E-state index in [9.17, 15) is 4.79 Å². The van der Waals surface area contributed by atoms with Gasteiger partial charge in [-0.15, -0.1) is 11.3 Å². The highest BCUT2D eigenvalue weighted by Gasteiger charge is 2.10. The predicted octanol–water partition coefficient (Wildman–Crippen LogP) is 1.48. The molecule has 2 rings (SSSR count). The number of carbonyl (C=O) groups is 1. The van der Waals surface area contributed by atoms with Crippen LogP contribution < -0.4 is 5.32 Å². The van der Waals surface area contributed by atoms with Gasteiger partial charge in [-0.2, -0.15) is 4.98 Å². The standard InChI is InChI=1S/C10H11N3O2S/c1-11-8(14)4-5-9-12-10(13-15-9)7-3-2-6-16-7/h2-3,6H,4-5H2,1H3,(H,11,14). The van der Waals surface area contributed by atoms with Gasteiger partial charge in [-0.1, -0.05) is 11.2 Å². The van der Waals surface area contributed by atoms with E-state index >= 15 is 0 Å². The zero-order chi connectivity index (χ0) is 11.4. The highest BCUT2D eigenvalue weighted by Crippen LogP contribution is 2.21. The van der Waals surface area contributed by atoms with Crippen LogP contribution in [0.3, 0.4) is 0 Å². The molecule has 1 N–H and O–H groups in total. The van der Waals surface area contributed by atoms with E-state index < -0.39 is 0 Å². The van der Waals surface area contributed by atoms with E-state index in [1.54, 1.807) is 18.4 Å². The molecule has 16 heavy (non-hydrogen) atoms. The molecule has 2 heterocycles. The topological polar surface area (TPSA) is 68.0 Å². The summed E-state index contributed by atoms with van der Waals surface area (Å²) in [4.78, 5) is 16.2. The number of hydrogen-bond acceptors (Lipinski definition) is 5. The van der Waals surface area contributed by atoms with Crippen LogP contribution in [-0.4, -0.2) is 23.1 Å². The Morgan fingerprint density at radius 1 is 1.62 bits per heavy atom. The number of nitrogens with zero attached hydrogens (tertiary/aromatic N) is 2. The Kier molecular flexibility index (Phi) is 3.31. The van der Waals surface area contributed by atoms with Gasteiger partial charge in [-0.3, -0.25) is 4.79 Å². The fourth-order valence-corrected chi connectivity index (χ4v) is 1.86. The van der Waals surface area contributed by atoms with E-state index in [1.165, 1.54) is 0 Å². The van der Waals surface area contributed by atoms with Gasteiger partial charge in [0, 0.05) is 19.9 Å². The van der Waals surface area contributed by atoms with Gasteiger partial charge in [0.05, 0.1) is 4.88 Å². The lowest BCUT2D eigenvalue weighted by Crippen LogP contribution is -2.17. The molecule has 0 saturated heterocycles. The summed E-state index contributed by atoms with van der Waals surface area (Å²) in [5.74, 6) is 1.05. The first kappa shape index (κ1) is 10.8. The smallest absolute Gasteiger partial charge is 0.227 e. The number of carbonyl (C=O) groups excluding carboxylic acids is 1. The van der Waals surface area contributed by atoms with Gasteiger partial charge >= 0.3 is 0 Å². The van der Waals surface area contributed by atoms with Gasteiger partial charge in [0.2, 0.25) is 17.6 Å². The van der Waals surface area contributed by atoms with Crippen molar-refractivity contribution in [3.8, 4) is 10.7 Å². The fourth-order valence-electron chi connectivity index (χ4n) is 1.21. The molecule has 0 bridgehead atoms. The maximum atomic E-state index is 11.0. The van der Waals surface area contributed by atoms with Crippen LogP contribution in [-0.2, 0) is 11.2 Å². The first-order valence-corrected chi connectivity index (χ1v) is 5.74. The molecule has 0 unspecified atom stereocenters. The van der Waals surface area contributed by atoms with Crippen molar-refractivity contribution < 1.29 is 9.32 Å². The average Bonchev–Trinajstić information content (AvgIpc) is 2.95. The van der Waals surface area contributed by atoms with E-state index in [4.69, 9.17) is 4.52 Å². The normalized spacial score (nSPS) is 10.3. The van der Waals surface area contributed by atoms with Crippen LogP contribution >= 0.6 is 11.3 Å². The lowest BCUT2D eigenvalue weighted by Gasteiger charge is -1.94. The molecular weight excluding hydrogens is 226 g/mol. The summed E-state index contributed by atoms with van der Waals surface area (Å²) in [5.41, 5.74) is 0. The van der Waals surface area contributed by atoms with Crippen LogP contribution in [0, 0.1) is 0 Å². The largest absolute Gasteiger partial charge is 0.359 e. The van der Waals surface area contributed by atoms with Crippen molar-refractivity contribution in [3.63, 3.8) is 0 Å². The first-order valence-electron chi connectivity index (χ1n) is 4.86. The Morgan fingerprint density at radius 2 is 2.50 bits per heavy atom. The van der Waals surface area contributed by atoms with Gasteiger partial charge in [0.15, 0.2) is 0 Å². The van der Waals surface area contributed by atoms with Crippen molar-refractivity contribution in [3.05, 3.63) is 23.4 Å². The van der Waals surface area contributed by atoms with E-state index in [2.05, 4.69) is 15.5 Å². The van der Waals surface area contributed by atoms with Crippen LogP contribution in [0.4, 0.5) is 0 Å². The molecule has 2 aromatic rings. The fraction of sp³-hybridized carbons (Fsp3) is 0.300. The van der Waals surface area contributed by atoms with Crippen molar-refractivity contribution in [2.75, 3.05) is 7.05 Å². The van der Waals surface area contributed by atoms with Crippen LogP contribution in [0.2, 0.25) is 0 Å². The number of aryl methyl sites for hydroxylation is 1. The molecule has 0 aromatic carbocycles. The lowest BCUT2D eigenvalue weighted by molar-refractivity contribution is -0.120. The van der Waals surface area contributed by atoms with Crippen LogP contribution in [0.25, 0.3) is 10.7 Å². The van der Waals surface area contributed by atoms with Crippen molar-refractivity contribution >= 4 is 17.2 Å². The highest BCUT2D eigenvalue weighted by atomic mass is 32.1. The Labute approximate surface area is 96.5 Å². The molecule has 84 valence electrons. The second-order valence-corrected chi connectivity index (χ2v) is 4.11. The SMILES string of the molecule is CNC(=O)CCc1nc(-c2cccs2)no1. The minimum absolute atomic E-state index is 0.0316. The molecule has 0 spiro atoms. The van der Waals surface area contributed by atoms with Gasteiger partial charge in [-0.25, -0.2) is 0 Å². The molecule has 0 aliphatic rings. The zero-order valence-corrected chi connectivity index (χ0v) is 9.58. The molecule has 0 atom stereocenters. The average molecular weight is 237 g/mol. The number of aromatic nitrogens is 2. The minimum Gasteiger partial charge on any atom is -0.359 e. The van der Waals surface area contributed by atoms with E-state index in [0.29, 0.717) is 24.6 Å². The van der Waals surface area contributed by atoms with Gasteiger partial charge in [0.25, 0.3) is 0 Å². The third kappa shape index (κ3) is 2.46. The summed E-state index contributed by atoms with van der Waals surface area (Å²) < 4.78 is 5.05. The number of hydrogen-bond donors (Lipinski definition) is 1. The molecule has 2 aromatic heterocycles. The summed E-state index contributed by atoms with van der Waals surface area (Å²) in [6.45, 7) is 0. The van der Waals surface area contributed by atoms with Crippen molar-refractivity contribution in [1.29, 1.82) is 0 Å². The minimum atomic E-state index is -0.0316. The molecule has 0 aliphatic carbocycles. The molecule has 0 fully saturated rings. The molecular formula is C10H11N3O2S. The summed E-state index contributed by atoms with van der Waals surface area (Å²) in [6.07, 6.45) is 0.834. The Hall–Kier alpha value is -1.69. The molecule has 0 aliphatic heterocycles. The Balaban J connectivity index is 2.00. The van der Waals surface area contributed by atoms with Gasteiger partial charge in [-0.05, 0) is 11.4 Å².